The molecular formula is C20H21NO2. The van der Waals surface area contributed by atoms with Crippen LogP contribution in [0.3, 0.4) is 0 Å². The summed E-state index contributed by atoms with van der Waals surface area (Å²) in [6.45, 7) is 2.78. The van der Waals surface area contributed by atoms with E-state index in [1.807, 2.05) is 74.4 Å². The Morgan fingerprint density at radius 3 is 2.43 bits per heavy atom. The summed E-state index contributed by atoms with van der Waals surface area (Å²) in [6.07, 6.45) is 0.482. The van der Waals surface area contributed by atoms with Gasteiger partial charge in [0.2, 0.25) is 0 Å². The number of benzene rings is 2. The molecule has 0 saturated carbocycles. The summed E-state index contributed by atoms with van der Waals surface area (Å²) in [5, 5.41) is 0.895. The van der Waals surface area contributed by atoms with E-state index in [0.29, 0.717) is 17.7 Å². The number of carbonyl (C=O) groups is 1. The summed E-state index contributed by atoms with van der Waals surface area (Å²) in [6, 6.07) is 15.8. The number of ketones is 1. The van der Waals surface area contributed by atoms with E-state index < -0.39 is 0 Å². The molecular weight excluding hydrogens is 286 g/mol. The van der Waals surface area contributed by atoms with Crippen molar-refractivity contribution in [1.82, 2.24) is 4.90 Å². The van der Waals surface area contributed by atoms with Gasteiger partial charge in [-0.25, -0.2) is 0 Å². The predicted molar refractivity (Wildman–Crippen MR) is 93.9 cm³/mol. The highest BCUT2D eigenvalue weighted by atomic mass is 16.3. The average molecular weight is 307 g/mol. The van der Waals surface area contributed by atoms with Crippen LogP contribution in [-0.4, -0.2) is 31.3 Å². The molecule has 0 unspecified atom stereocenters. The molecule has 1 heterocycles. The number of Topliss-reactive ketones (excluding diaryl/α,β-unsaturated/α-hetero) is 1. The maximum absolute atomic E-state index is 12.8. The molecule has 0 aliphatic rings. The van der Waals surface area contributed by atoms with Crippen molar-refractivity contribution in [3.05, 3.63) is 59.7 Å². The normalized spacial score (nSPS) is 11.3. The second-order valence-electron chi connectivity index (χ2n) is 6.14. The van der Waals surface area contributed by atoms with Crippen LogP contribution in [0.5, 0.6) is 0 Å². The van der Waals surface area contributed by atoms with Crippen molar-refractivity contribution in [2.75, 3.05) is 20.6 Å². The van der Waals surface area contributed by atoms with E-state index in [-0.39, 0.29) is 5.78 Å². The first-order valence-electron chi connectivity index (χ1n) is 7.83. The van der Waals surface area contributed by atoms with Gasteiger partial charge in [0.05, 0.1) is 5.56 Å². The number of hydrogen-bond donors (Lipinski definition) is 0. The predicted octanol–water partition coefficient (Wildman–Crippen LogP) is 4.54. The van der Waals surface area contributed by atoms with Crippen molar-refractivity contribution in [3.63, 3.8) is 0 Å². The lowest BCUT2D eigenvalue weighted by atomic mass is 9.99. The minimum absolute atomic E-state index is 0.124. The van der Waals surface area contributed by atoms with Gasteiger partial charge in [-0.05, 0) is 27.1 Å². The van der Waals surface area contributed by atoms with Crippen LogP contribution in [0.4, 0.5) is 0 Å². The summed E-state index contributed by atoms with van der Waals surface area (Å²) < 4.78 is 6.02. The fourth-order valence-electron chi connectivity index (χ4n) is 2.68. The molecule has 2 aromatic carbocycles. The highest BCUT2D eigenvalue weighted by Gasteiger charge is 2.21. The monoisotopic (exact) mass is 307 g/mol. The summed E-state index contributed by atoms with van der Waals surface area (Å²) in [5.41, 5.74) is 3.59. The Morgan fingerprint density at radius 2 is 1.74 bits per heavy atom. The number of fused-ring (bicyclic) bond motifs is 1. The maximum Gasteiger partial charge on any atom is 0.168 e. The second-order valence-corrected chi connectivity index (χ2v) is 6.14. The number of para-hydroxylation sites is 1. The van der Waals surface area contributed by atoms with Crippen LogP contribution < -0.4 is 0 Å². The van der Waals surface area contributed by atoms with Gasteiger partial charge < -0.3 is 9.32 Å². The molecule has 3 heteroatoms. The van der Waals surface area contributed by atoms with Crippen LogP contribution in [0.1, 0.15) is 22.3 Å². The molecule has 0 spiro atoms. The third kappa shape index (κ3) is 3.20. The second kappa shape index (κ2) is 6.39. The van der Waals surface area contributed by atoms with Crippen molar-refractivity contribution >= 4 is 16.8 Å². The van der Waals surface area contributed by atoms with Gasteiger partial charge >= 0.3 is 0 Å². The molecule has 3 aromatic rings. The number of nitrogens with zero attached hydrogens (tertiary/aromatic N) is 1. The molecule has 0 amide bonds. The molecule has 1 aromatic heterocycles. The summed E-state index contributed by atoms with van der Waals surface area (Å²) in [4.78, 5) is 14.8. The first-order valence-corrected chi connectivity index (χ1v) is 7.83. The van der Waals surface area contributed by atoms with Gasteiger partial charge in [-0.15, -0.1) is 0 Å². The first kappa shape index (κ1) is 15.5. The highest BCUT2D eigenvalue weighted by Crippen LogP contribution is 2.34. The van der Waals surface area contributed by atoms with Crippen LogP contribution in [0, 0.1) is 6.92 Å². The maximum atomic E-state index is 12.8. The molecule has 3 rings (SSSR count). The quantitative estimate of drug-likeness (QED) is 0.649. The molecule has 0 fully saturated rings. The molecule has 0 aliphatic heterocycles. The lowest BCUT2D eigenvalue weighted by Crippen LogP contribution is -2.16. The zero-order valence-corrected chi connectivity index (χ0v) is 13.8. The van der Waals surface area contributed by atoms with Gasteiger partial charge in [0.25, 0.3) is 0 Å². The van der Waals surface area contributed by atoms with Crippen molar-refractivity contribution in [3.8, 4) is 11.3 Å². The van der Waals surface area contributed by atoms with E-state index in [9.17, 15) is 4.79 Å². The fourth-order valence-corrected chi connectivity index (χ4v) is 2.68. The van der Waals surface area contributed by atoms with Gasteiger partial charge in [-0.3, -0.25) is 4.79 Å². The Hall–Kier alpha value is -2.39. The minimum Gasteiger partial charge on any atom is -0.455 e. The van der Waals surface area contributed by atoms with Crippen LogP contribution >= 0.6 is 0 Å². The number of aryl methyl sites for hydroxylation is 1. The molecule has 0 aliphatic carbocycles. The van der Waals surface area contributed by atoms with E-state index in [1.165, 1.54) is 5.56 Å². The SMILES string of the molecule is Cc1ccc(-c2oc3ccccc3c2C(=O)CCN(C)C)cc1. The minimum atomic E-state index is 0.124. The molecule has 23 heavy (non-hydrogen) atoms. The Morgan fingerprint density at radius 1 is 1.04 bits per heavy atom. The Kier molecular flexibility index (Phi) is 4.30. The number of carbonyl (C=O) groups excluding carboxylic acids is 1. The molecule has 118 valence electrons. The van der Waals surface area contributed by atoms with Crippen molar-refractivity contribution in [1.29, 1.82) is 0 Å². The Bertz CT molecular complexity index is 828. The van der Waals surface area contributed by atoms with Crippen molar-refractivity contribution in [2.24, 2.45) is 0 Å². The van der Waals surface area contributed by atoms with E-state index in [1.54, 1.807) is 0 Å². The Labute approximate surface area is 136 Å². The standard InChI is InChI=1S/C20H21NO2/c1-14-8-10-15(11-9-14)20-19(17(22)12-13-21(2)3)16-6-4-5-7-18(16)23-20/h4-11H,12-13H2,1-3H3. The number of furan rings is 1. The summed E-state index contributed by atoms with van der Waals surface area (Å²) >= 11 is 0. The van der Waals surface area contributed by atoms with Gasteiger partial charge in [-0.1, -0.05) is 48.0 Å². The summed E-state index contributed by atoms with van der Waals surface area (Å²) in [7, 11) is 3.95. The van der Waals surface area contributed by atoms with Crippen LogP contribution in [0.15, 0.2) is 52.9 Å². The molecule has 3 nitrogen and oxygen atoms in total. The van der Waals surface area contributed by atoms with E-state index in [4.69, 9.17) is 4.42 Å². The smallest absolute Gasteiger partial charge is 0.168 e. The van der Waals surface area contributed by atoms with Crippen molar-refractivity contribution < 1.29 is 9.21 Å². The molecule has 0 bridgehead atoms. The van der Waals surface area contributed by atoms with E-state index in [0.717, 1.165) is 23.1 Å². The molecule has 0 saturated heterocycles. The third-order valence-corrected chi connectivity index (χ3v) is 3.97. The lowest BCUT2D eigenvalue weighted by molar-refractivity contribution is 0.0974. The zero-order chi connectivity index (χ0) is 16.4. The average Bonchev–Trinajstić information content (AvgIpc) is 2.92. The fraction of sp³-hybridized carbons (Fsp3) is 0.250. The third-order valence-electron chi connectivity index (χ3n) is 3.97. The zero-order valence-electron chi connectivity index (χ0n) is 13.8. The van der Waals surface area contributed by atoms with E-state index in [2.05, 4.69) is 0 Å². The van der Waals surface area contributed by atoms with E-state index >= 15 is 0 Å². The topological polar surface area (TPSA) is 33.5 Å². The molecule has 0 atom stereocenters. The number of rotatable bonds is 5. The summed E-state index contributed by atoms with van der Waals surface area (Å²) in [5.74, 6) is 0.800. The van der Waals surface area contributed by atoms with Gasteiger partial charge in [0.15, 0.2) is 5.78 Å². The number of hydrogen-bond acceptors (Lipinski definition) is 3. The molecule has 0 N–H and O–H groups in total. The Balaban J connectivity index is 2.11. The van der Waals surface area contributed by atoms with Crippen LogP contribution in [0.2, 0.25) is 0 Å². The lowest BCUT2D eigenvalue weighted by Gasteiger charge is -2.09. The van der Waals surface area contributed by atoms with Gasteiger partial charge in [0.1, 0.15) is 11.3 Å². The highest BCUT2D eigenvalue weighted by molar-refractivity contribution is 6.12. The molecule has 0 radical (unpaired) electrons. The van der Waals surface area contributed by atoms with Crippen LogP contribution in [0.25, 0.3) is 22.3 Å². The van der Waals surface area contributed by atoms with Gasteiger partial charge in [0, 0.05) is 23.9 Å². The van der Waals surface area contributed by atoms with Crippen LogP contribution in [-0.2, 0) is 0 Å². The van der Waals surface area contributed by atoms with Gasteiger partial charge in [-0.2, -0.15) is 0 Å². The van der Waals surface area contributed by atoms with Crippen molar-refractivity contribution in [2.45, 2.75) is 13.3 Å². The largest absolute Gasteiger partial charge is 0.455 e. The first-order chi connectivity index (χ1) is 11.1.